The van der Waals surface area contributed by atoms with Crippen LogP contribution in [0.25, 0.3) is 0 Å². The number of ketones is 1. The molecule has 3 heteroatoms. The van der Waals surface area contributed by atoms with Crippen molar-refractivity contribution >= 4 is 5.78 Å². The van der Waals surface area contributed by atoms with Gasteiger partial charge in [0, 0.05) is 11.6 Å². The maximum Gasteiger partial charge on any atom is 0.170 e. The minimum atomic E-state index is -0.0499. The van der Waals surface area contributed by atoms with E-state index in [-0.39, 0.29) is 17.7 Å². The SMILES string of the molecule is CNC1COCC1C(=O)c1ccccc1C. The number of benzene rings is 1. The highest BCUT2D eigenvalue weighted by atomic mass is 16.5. The Morgan fingerprint density at radius 1 is 1.38 bits per heavy atom. The predicted molar refractivity (Wildman–Crippen MR) is 62.7 cm³/mol. The molecule has 1 aliphatic rings. The summed E-state index contributed by atoms with van der Waals surface area (Å²) in [5.74, 6) is 0.140. The normalized spacial score (nSPS) is 24.6. The van der Waals surface area contributed by atoms with Crippen LogP contribution in [0.3, 0.4) is 0 Å². The maximum atomic E-state index is 12.3. The zero-order valence-electron chi connectivity index (χ0n) is 9.69. The van der Waals surface area contributed by atoms with Gasteiger partial charge in [-0.25, -0.2) is 0 Å². The third kappa shape index (κ3) is 2.01. The molecule has 3 nitrogen and oxygen atoms in total. The topological polar surface area (TPSA) is 38.3 Å². The minimum Gasteiger partial charge on any atom is -0.379 e. The first-order chi connectivity index (χ1) is 7.74. The molecule has 16 heavy (non-hydrogen) atoms. The molecule has 1 heterocycles. The van der Waals surface area contributed by atoms with Crippen molar-refractivity contribution in [3.63, 3.8) is 0 Å². The molecule has 1 N–H and O–H groups in total. The summed E-state index contributed by atoms with van der Waals surface area (Å²) in [6, 6.07) is 7.87. The number of hydrogen-bond acceptors (Lipinski definition) is 3. The highest BCUT2D eigenvalue weighted by Crippen LogP contribution is 2.20. The van der Waals surface area contributed by atoms with Gasteiger partial charge in [0.05, 0.1) is 19.1 Å². The maximum absolute atomic E-state index is 12.3. The molecular weight excluding hydrogens is 202 g/mol. The number of likely N-dealkylation sites (N-methyl/N-ethyl adjacent to an activating group) is 1. The molecular formula is C13H17NO2. The summed E-state index contributed by atoms with van der Waals surface area (Å²) in [5, 5.41) is 3.14. The van der Waals surface area contributed by atoms with E-state index in [9.17, 15) is 4.79 Å². The van der Waals surface area contributed by atoms with Crippen LogP contribution in [-0.2, 0) is 4.74 Å². The van der Waals surface area contributed by atoms with Crippen LogP contribution in [0.5, 0.6) is 0 Å². The Kier molecular flexibility index (Phi) is 3.36. The van der Waals surface area contributed by atoms with Crippen LogP contribution in [0.1, 0.15) is 15.9 Å². The smallest absolute Gasteiger partial charge is 0.170 e. The molecule has 86 valence electrons. The van der Waals surface area contributed by atoms with Gasteiger partial charge >= 0.3 is 0 Å². The van der Waals surface area contributed by atoms with Gasteiger partial charge in [0.25, 0.3) is 0 Å². The Labute approximate surface area is 95.8 Å². The Morgan fingerprint density at radius 2 is 2.12 bits per heavy atom. The third-order valence-corrected chi connectivity index (χ3v) is 3.20. The summed E-state index contributed by atoms with van der Waals surface area (Å²) in [5.41, 5.74) is 1.85. The van der Waals surface area contributed by atoms with E-state index in [0.717, 1.165) is 11.1 Å². The second kappa shape index (κ2) is 4.76. The summed E-state index contributed by atoms with van der Waals surface area (Å²) in [7, 11) is 1.87. The van der Waals surface area contributed by atoms with E-state index >= 15 is 0 Å². The summed E-state index contributed by atoms with van der Waals surface area (Å²) in [6.45, 7) is 3.12. The summed E-state index contributed by atoms with van der Waals surface area (Å²) < 4.78 is 5.36. The van der Waals surface area contributed by atoms with E-state index in [0.29, 0.717) is 13.2 Å². The second-order valence-electron chi connectivity index (χ2n) is 4.22. The number of carbonyl (C=O) groups excluding carboxylic acids is 1. The van der Waals surface area contributed by atoms with Crippen LogP contribution in [0.4, 0.5) is 0 Å². The Hall–Kier alpha value is -1.19. The van der Waals surface area contributed by atoms with Gasteiger partial charge in [-0.2, -0.15) is 0 Å². The first-order valence-corrected chi connectivity index (χ1v) is 5.59. The minimum absolute atomic E-state index is 0.0499. The molecule has 0 radical (unpaired) electrons. The molecule has 1 fully saturated rings. The summed E-state index contributed by atoms with van der Waals surface area (Å²) in [6.07, 6.45) is 0. The largest absolute Gasteiger partial charge is 0.379 e. The van der Waals surface area contributed by atoms with Crippen LogP contribution >= 0.6 is 0 Å². The molecule has 0 saturated carbocycles. The molecule has 2 atom stereocenters. The number of aryl methyl sites for hydroxylation is 1. The quantitative estimate of drug-likeness (QED) is 0.781. The van der Waals surface area contributed by atoms with Crippen LogP contribution < -0.4 is 5.32 Å². The third-order valence-electron chi connectivity index (χ3n) is 3.20. The average Bonchev–Trinajstić information content (AvgIpc) is 2.77. The van der Waals surface area contributed by atoms with Gasteiger partial charge in [0.1, 0.15) is 0 Å². The van der Waals surface area contributed by atoms with E-state index in [1.165, 1.54) is 0 Å². The molecule has 1 saturated heterocycles. The molecule has 1 aromatic rings. The Balaban J connectivity index is 2.22. The first-order valence-electron chi connectivity index (χ1n) is 5.59. The highest BCUT2D eigenvalue weighted by molar-refractivity contribution is 5.99. The van der Waals surface area contributed by atoms with Crippen molar-refractivity contribution in [3.8, 4) is 0 Å². The van der Waals surface area contributed by atoms with Crippen molar-refractivity contribution in [1.82, 2.24) is 5.32 Å². The zero-order chi connectivity index (χ0) is 11.5. The molecule has 0 aliphatic carbocycles. The van der Waals surface area contributed by atoms with Gasteiger partial charge in [-0.05, 0) is 19.5 Å². The highest BCUT2D eigenvalue weighted by Gasteiger charge is 2.33. The summed E-state index contributed by atoms with van der Waals surface area (Å²) in [4.78, 5) is 12.3. The Morgan fingerprint density at radius 3 is 2.81 bits per heavy atom. The zero-order valence-corrected chi connectivity index (χ0v) is 9.69. The molecule has 1 aromatic carbocycles. The van der Waals surface area contributed by atoms with E-state index in [1.807, 2.05) is 38.2 Å². The second-order valence-corrected chi connectivity index (χ2v) is 4.22. The van der Waals surface area contributed by atoms with E-state index in [2.05, 4.69) is 5.32 Å². The number of nitrogens with one attached hydrogen (secondary N) is 1. The fourth-order valence-corrected chi connectivity index (χ4v) is 2.15. The molecule has 0 bridgehead atoms. The van der Waals surface area contributed by atoms with Crippen LogP contribution in [0.2, 0.25) is 0 Å². The Bertz CT molecular complexity index is 389. The van der Waals surface area contributed by atoms with Crippen molar-refractivity contribution in [1.29, 1.82) is 0 Å². The predicted octanol–water partition coefficient (Wildman–Crippen LogP) is 1.41. The molecule has 0 amide bonds. The fraction of sp³-hybridized carbons (Fsp3) is 0.462. The number of rotatable bonds is 3. The first kappa shape index (κ1) is 11.3. The lowest BCUT2D eigenvalue weighted by molar-refractivity contribution is 0.0892. The number of Topliss-reactive ketones (excluding diaryl/α,β-unsaturated/α-hetero) is 1. The van der Waals surface area contributed by atoms with Gasteiger partial charge in [-0.15, -0.1) is 0 Å². The van der Waals surface area contributed by atoms with Gasteiger partial charge in [0.2, 0.25) is 0 Å². The molecule has 0 aromatic heterocycles. The van der Waals surface area contributed by atoms with E-state index < -0.39 is 0 Å². The molecule has 1 aliphatic heterocycles. The van der Waals surface area contributed by atoms with Crippen molar-refractivity contribution in [2.75, 3.05) is 20.3 Å². The van der Waals surface area contributed by atoms with Gasteiger partial charge in [-0.1, -0.05) is 24.3 Å². The van der Waals surface area contributed by atoms with Crippen LogP contribution in [-0.4, -0.2) is 32.1 Å². The van der Waals surface area contributed by atoms with Gasteiger partial charge in [0.15, 0.2) is 5.78 Å². The lowest BCUT2D eigenvalue weighted by Gasteiger charge is -2.16. The average molecular weight is 219 g/mol. The lowest BCUT2D eigenvalue weighted by atomic mass is 9.91. The monoisotopic (exact) mass is 219 g/mol. The van der Waals surface area contributed by atoms with Crippen molar-refractivity contribution < 1.29 is 9.53 Å². The van der Waals surface area contributed by atoms with Gasteiger partial charge in [-0.3, -0.25) is 4.79 Å². The standard InChI is InChI=1S/C13H17NO2/c1-9-5-3-4-6-10(9)13(15)11-7-16-8-12(11)14-2/h3-6,11-12,14H,7-8H2,1-2H3. The van der Waals surface area contributed by atoms with Crippen LogP contribution in [0, 0.1) is 12.8 Å². The molecule has 2 unspecified atom stereocenters. The molecule has 0 spiro atoms. The number of hydrogen-bond donors (Lipinski definition) is 1. The van der Waals surface area contributed by atoms with Crippen molar-refractivity contribution in [2.24, 2.45) is 5.92 Å². The summed E-state index contributed by atoms with van der Waals surface area (Å²) >= 11 is 0. The van der Waals surface area contributed by atoms with Crippen molar-refractivity contribution in [2.45, 2.75) is 13.0 Å². The van der Waals surface area contributed by atoms with Gasteiger partial charge < -0.3 is 10.1 Å². The molecule has 2 rings (SSSR count). The number of carbonyl (C=O) groups is 1. The van der Waals surface area contributed by atoms with Crippen LogP contribution in [0.15, 0.2) is 24.3 Å². The number of ether oxygens (including phenoxy) is 1. The van der Waals surface area contributed by atoms with Crippen molar-refractivity contribution in [3.05, 3.63) is 35.4 Å². The van der Waals surface area contributed by atoms with E-state index in [1.54, 1.807) is 0 Å². The fourth-order valence-electron chi connectivity index (χ4n) is 2.15. The lowest BCUT2D eigenvalue weighted by Crippen LogP contribution is -2.37. The van der Waals surface area contributed by atoms with E-state index in [4.69, 9.17) is 4.74 Å².